The molecule has 112 valence electrons. The minimum Gasteiger partial charge on any atom is -0.493 e. The predicted octanol–water partition coefficient (Wildman–Crippen LogP) is 4.17. The Morgan fingerprint density at radius 1 is 1.05 bits per heavy atom. The lowest BCUT2D eigenvalue weighted by Crippen LogP contribution is -2.05. The van der Waals surface area contributed by atoms with E-state index in [0.717, 1.165) is 5.56 Å². The van der Waals surface area contributed by atoms with Gasteiger partial charge in [-0.05, 0) is 36.8 Å². The van der Waals surface area contributed by atoms with Crippen molar-refractivity contribution >= 4 is 11.6 Å². The Morgan fingerprint density at radius 2 is 1.67 bits per heavy atom. The summed E-state index contributed by atoms with van der Waals surface area (Å²) in [6.07, 6.45) is 0. The molecular formula is C16H18ClNO3. The SMILES string of the molecule is COc1cccc(OC)c1Oc1ccc(C(C)N)c(Cl)c1. The Balaban J connectivity index is 2.36. The fourth-order valence-electron chi connectivity index (χ4n) is 1.98. The summed E-state index contributed by atoms with van der Waals surface area (Å²) in [7, 11) is 3.15. The maximum absolute atomic E-state index is 6.22. The van der Waals surface area contributed by atoms with Crippen molar-refractivity contribution in [2.45, 2.75) is 13.0 Å². The van der Waals surface area contributed by atoms with Gasteiger partial charge in [0, 0.05) is 11.1 Å². The molecule has 2 rings (SSSR count). The normalized spacial score (nSPS) is 11.9. The summed E-state index contributed by atoms with van der Waals surface area (Å²) >= 11 is 6.22. The van der Waals surface area contributed by atoms with Crippen LogP contribution < -0.4 is 19.9 Å². The van der Waals surface area contributed by atoms with Gasteiger partial charge in [0.1, 0.15) is 5.75 Å². The van der Waals surface area contributed by atoms with Crippen LogP contribution in [0.25, 0.3) is 0 Å². The maximum Gasteiger partial charge on any atom is 0.210 e. The van der Waals surface area contributed by atoms with E-state index in [1.807, 2.05) is 25.1 Å². The molecule has 5 heteroatoms. The van der Waals surface area contributed by atoms with Crippen molar-refractivity contribution in [1.82, 2.24) is 0 Å². The molecule has 2 N–H and O–H groups in total. The summed E-state index contributed by atoms with van der Waals surface area (Å²) in [5.41, 5.74) is 6.71. The van der Waals surface area contributed by atoms with Crippen LogP contribution >= 0.6 is 11.6 Å². The van der Waals surface area contributed by atoms with Crippen LogP contribution in [0.1, 0.15) is 18.5 Å². The van der Waals surface area contributed by atoms with Crippen molar-refractivity contribution in [3.8, 4) is 23.0 Å². The first kappa shape index (κ1) is 15.5. The number of halogens is 1. The summed E-state index contributed by atoms with van der Waals surface area (Å²) in [4.78, 5) is 0. The second-order valence-electron chi connectivity index (χ2n) is 4.57. The van der Waals surface area contributed by atoms with Gasteiger partial charge in [-0.2, -0.15) is 0 Å². The van der Waals surface area contributed by atoms with Crippen molar-refractivity contribution in [3.63, 3.8) is 0 Å². The monoisotopic (exact) mass is 307 g/mol. The van der Waals surface area contributed by atoms with Gasteiger partial charge in [0.2, 0.25) is 5.75 Å². The van der Waals surface area contributed by atoms with Crippen LogP contribution in [0.4, 0.5) is 0 Å². The van der Waals surface area contributed by atoms with E-state index in [9.17, 15) is 0 Å². The number of para-hydroxylation sites is 1. The second kappa shape index (κ2) is 6.70. The second-order valence-corrected chi connectivity index (χ2v) is 4.97. The minimum absolute atomic E-state index is 0.132. The third kappa shape index (κ3) is 3.40. The highest BCUT2D eigenvalue weighted by atomic mass is 35.5. The van der Waals surface area contributed by atoms with Gasteiger partial charge in [0.05, 0.1) is 14.2 Å². The molecule has 0 heterocycles. The average molecular weight is 308 g/mol. The Bertz CT molecular complexity index is 607. The number of benzene rings is 2. The van der Waals surface area contributed by atoms with Crippen LogP contribution in [0, 0.1) is 0 Å². The third-order valence-corrected chi connectivity index (χ3v) is 3.39. The van der Waals surface area contributed by atoms with Crippen molar-refractivity contribution in [3.05, 3.63) is 47.0 Å². The molecule has 0 spiro atoms. The molecule has 0 aliphatic heterocycles. The van der Waals surface area contributed by atoms with Crippen LogP contribution in [0.5, 0.6) is 23.0 Å². The Hall–Kier alpha value is -1.91. The first-order valence-electron chi connectivity index (χ1n) is 6.50. The number of ether oxygens (including phenoxy) is 3. The molecule has 0 saturated carbocycles. The molecule has 4 nitrogen and oxygen atoms in total. The number of methoxy groups -OCH3 is 2. The number of hydrogen-bond acceptors (Lipinski definition) is 4. The van der Waals surface area contributed by atoms with Crippen molar-refractivity contribution < 1.29 is 14.2 Å². The average Bonchev–Trinajstić information content (AvgIpc) is 2.47. The fourth-order valence-corrected chi connectivity index (χ4v) is 2.32. The summed E-state index contributed by atoms with van der Waals surface area (Å²) in [6.45, 7) is 1.88. The van der Waals surface area contributed by atoms with Crippen LogP contribution in [-0.4, -0.2) is 14.2 Å². The van der Waals surface area contributed by atoms with E-state index in [1.165, 1.54) is 0 Å². The smallest absolute Gasteiger partial charge is 0.210 e. The molecule has 0 amide bonds. The molecule has 0 saturated heterocycles. The quantitative estimate of drug-likeness (QED) is 0.900. The lowest BCUT2D eigenvalue weighted by molar-refractivity contribution is 0.346. The number of hydrogen-bond donors (Lipinski definition) is 1. The van der Waals surface area contributed by atoms with Crippen LogP contribution in [0.3, 0.4) is 0 Å². The van der Waals surface area contributed by atoms with Gasteiger partial charge in [0.25, 0.3) is 0 Å². The fraction of sp³-hybridized carbons (Fsp3) is 0.250. The largest absolute Gasteiger partial charge is 0.493 e. The minimum atomic E-state index is -0.132. The molecule has 0 fully saturated rings. The van der Waals surface area contributed by atoms with Crippen LogP contribution in [-0.2, 0) is 0 Å². The highest BCUT2D eigenvalue weighted by Gasteiger charge is 2.14. The summed E-state index contributed by atoms with van der Waals surface area (Å²) in [5, 5.41) is 0.566. The lowest BCUT2D eigenvalue weighted by atomic mass is 10.1. The van der Waals surface area contributed by atoms with Gasteiger partial charge >= 0.3 is 0 Å². The van der Waals surface area contributed by atoms with Gasteiger partial charge in [-0.25, -0.2) is 0 Å². The first-order chi connectivity index (χ1) is 10.1. The summed E-state index contributed by atoms with van der Waals surface area (Å²) in [5.74, 6) is 2.27. The van der Waals surface area contributed by atoms with Crippen LogP contribution in [0.15, 0.2) is 36.4 Å². The van der Waals surface area contributed by atoms with Gasteiger partial charge in [-0.1, -0.05) is 23.7 Å². The third-order valence-electron chi connectivity index (χ3n) is 3.07. The highest BCUT2D eigenvalue weighted by Crippen LogP contribution is 2.40. The standard InChI is InChI=1S/C16H18ClNO3/c1-10(18)12-8-7-11(9-13(12)17)21-16-14(19-2)5-4-6-15(16)20-3/h4-10H,18H2,1-3H3. The van der Waals surface area contributed by atoms with Crippen molar-refractivity contribution in [2.75, 3.05) is 14.2 Å². The maximum atomic E-state index is 6.22. The molecule has 0 aliphatic carbocycles. The molecular weight excluding hydrogens is 290 g/mol. The van der Waals surface area contributed by atoms with Crippen molar-refractivity contribution in [2.24, 2.45) is 5.73 Å². The van der Waals surface area contributed by atoms with Gasteiger partial charge in [-0.15, -0.1) is 0 Å². The predicted molar refractivity (Wildman–Crippen MR) is 83.7 cm³/mol. The van der Waals surface area contributed by atoms with Gasteiger partial charge in [-0.3, -0.25) is 0 Å². The number of rotatable bonds is 5. The topological polar surface area (TPSA) is 53.7 Å². The van der Waals surface area contributed by atoms with Crippen LogP contribution in [0.2, 0.25) is 5.02 Å². The zero-order chi connectivity index (χ0) is 15.4. The summed E-state index contributed by atoms with van der Waals surface area (Å²) < 4.78 is 16.5. The van der Waals surface area contributed by atoms with Gasteiger partial charge < -0.3 is 19.9 Å². The lowest BCUT2D eigenvalue weighted by Gasteiger charge is -2.15. The Kier molecular flexibility index (Phi) is 4.94. The highest BCUT2D eigenvalue weighted by molar-refractivity contribution is 6.31. The first-order valence-corrected chi connectivity index (χ1v) is 6.88. The molecule has 0 aromatic heterocycles. The zero-order valence-electron chi connectivity index (χ0n) is 12.2. The van der Waals surface area contributed by atoms with E-state index >= 15 is 0 Å². The Morgan fingerprint density at radius 3 is 2.14 bits per heavy atom. The van der Waals surface area contributed by atoms with Gasteiger partial charge in [0.15, 0.2) is 11.5 Å². The molecule has 0 aliphatic rings. The summed E-state index contributed by atoms with van der Waals surface area (Å²) in [6, 6.07) is 10.7. The molecule has 21 heavy (non-hydrogen) atoms. The zero-order valence-corrected chi connectivity index (χ0v) is 13.0. The number of nitrogens with two attached hydrogens (primary N) is 1. The van der Waals surface area contributed by atoms with E-state index in [2.05, 4.69) is 0 Å². The molecule has 0 radical (unpaired) electrons. The molecule has 0 bridgehead atoms. The van der Waals surface area contributed by atoms with Crippen molar-refractivity contribution in [1.29, 1.82) is 0 Å². The molecule has 1 unspecified atom stereocenters. The molecule has 1 atom stereocenters. The Labute approximate surface area is 129 Å². The van der Waals surface area contributed by atoms with E-state index in [4.69, 9.17) is 31.5 Å². The molecule has 2 aromatic rings. The van der Waals surface area contributed by atoms with E-state index in [1.54, 1.807) is 32.4 Å². The van der Waals surface area contributed by atoms with E-state index in [0.29, 0.717) is 28.0 Å². The van der Waals surface area contributed by atoms with E-state index in [-0.39, 0.29) is 6.04 Å². The van der Waals surface area contributed by atoms with E-state index < -0.39 is 0 Å². The molecule has 2 aromatic carbocycles.